The number of β-amino-alcohol motifs (C(OH)–C–C–N with tert-alkyl or cyclic N) is 1. The van der Waals surface area contributed by atoms with Crippen molar-refractivity contribution in [1.82, 2.24) is 24.7 Å². The summed E-state index contributed by atoms with van der Waals surface area (Å²) >= 11 is 0. The maximum Gasteiger partial charge on any atom is 0.185 e. The minimum absolute atomic E-state index is 0.513. The molecule has 0 bridgehead atoms. The Bertz CT molecular complexity index is 1160. The van der Waals surface area contributed by atoms with E-state index < -0.39 is 5.60 Å². The summed E-state index contributed by atoms with van der Waals surface area (Å²) in [5.41, 5.74) is 2.17. The highest BCUT2D eigenvalue weighted by molar-refractivity contribution is 5.59. The molecule has 0 radical (unpaired) electrons. The van der Waals surface area contributed by atoms with Crippen LogP contribution in [-0.4, -0.2) is 62.1 Å². The van der Waals surface area contributed by atoms with Gasteiger partial charge in [0.15, 0.2) is 11.5 Å². The molecule has 1 saturated heterocycles. The zero-order valence-corrected chi connectivity index (χ0v) is 17.6. The predicted octanol–water partition coefficient (Wildman–Crippen LogP) is 2.86. The molecule has 1 aliphatic heterocycles. The number of nitrogens with zero attached hydrogens (tertiary/aromatic N) is 6. The van der Waals surface area contributed by atoms with E-state index in [1.165, 1.54) is 5.56 Å². The van der Waals surface area contributed by atoms with Crippen LogP contribution >= 0.6 is 0 Å². The average Bonchev–Trinajstić information content (AvgIpc) is 3.38. The Morgan fingerprint density at radius 3 is 2.48 bits per heavy atom. The quantitative estimate of drug-likeness (QED) is 0.523. The second-order valence-electron chi connectivity index (χ2n) is 8.38. The highest BCUT2D eigenvalue weighted by atomic mass is 16.3. The summed E-state index contributed by atoms with van der Waals surface area (Å²) in [7, 11) is 1.97. The van der Waals surface area contributed by atoms with E-state index in [1.54, 1.807) is 4.52 Å². The monoisotopic (exact) mass is 414 g/mol. The summed E-state index contributed by atoms with van der Waals surface area (Å²) in [5, 5.41) is 24.5. The lowest BCUT2D eigenvalue weighted by Crippen LogP contribution is -2.44. The molecule has 0 saturated carbocycles. The summed E-state index contributed by atoms with van der Waals surface area (Å²) in [6.45, 7) is 2.91. The van der Waals surface area contributed by atoms with Gasteiger partial charge in [0.25, 0.3) is 0 Å². The number of anilines is 1. The second-order valence-corrected chi connectivity index (χ2v) is 8.38. The normalized spacial score (nSPS) is 19.2. The Hall–Kier alpha value is -3.29. The Labute approximate surface area is 181 Å². The number of hydrogen-bond donors (Lipinski definition) is 1. The second kappa shape index (κ2) is 8.09. The van der Waals surface area contributed by atoms with Crippen molar-refractivity contribution in [3.63, 3.8) is 0 Å². The summed E-state index contributed by atoms with van der Waals surface area (Å²) in [6, 6.07) is 24.2. The molecular formula is C24H26N6O. The van der Waals surface area contributed by atoms with Crippen molar-refractivity contribution in [3.8, 4) is 11.4 Å². The first kappa shape index (κ1) is 19.7. The standard InChI is InChI=1S/C24H26N6O/c1-28(17-24(31)14-15-29(18-24)16-19-8-4-2-5-9-19)22-13-12-21-25-26-23(30(21)27-22)20-10-6-3-7-11-20/h2-13,31H,14-18H2,1H3. The number of aliphatic hydroxyl groups is 1. The number of likely N-dealkylation sites (tertiary alicyclic amines) is 1. The molecule has 2 aromatic carbocycles. The van der Waals surface area contributed by atoms with Crippen molar-refractivity contribution in [3.05, 3.63) is 78.4 Å². The zero-order chi connectivity index (χ0) is 21.3. The van der Waals surface area contributed by atoms with Gasteiger partial charge in [-0.25, -0.2) is 0 Å². The van der Waals surface area contributed by atoms with Crippen molar-refractivity contribution in [1.29, 1.82) is 0 Å². The lowest BCUT2D eigenvalue weighted by molar-refractivity contribution is 0.0561. The molecule has 0 spiro atoms. The summed E-state index contributed by atoms with van der Waals surface area (Å²) in [6.07, 6.45) is 0.744. The maximum atomic E-state index is 11.2. The number of rotatable bonds is 6. The molecule has 1 N–H and O–H groups in total. The minimum Gasteiger partial charge on any atom is -0.387 e. The van der Waals surface area contributed by atoms with E-state index in [4.69, 9.17) is 5.10 Å². The van der Waals surface area contributed by atoms with Gasteiger partial charge in [0.1, 0.15) is 5.82 Å². The first-order valence-electron chi connectivity index (χ1n) is 10.6. The molecular weight excluding hydrogens is 388 g/mol. The molecule has 1 fully saturated rings. The Morgan fingerprint density at radius 1 is 0.968 bits per heavy atom. The first-order chi connectivity index (χ1) is 15.1. The van der Waals surface area contributed by atoms with Gasteiger partial charge in [-0.15, -0.1) is 15.3 Å². The van der Waals surface area contributed by atoms with E-state index in [0.29, 0.717) is 24.6 Å². The molecule has 0 aliphatic carbocycles. The lowest BCUT2D eigenvalue weighted by Gasteiger charge is -2.29. The van der Waals surface area contributed by atoms with E-state index in [2.05, 4.69) is 39.4 Å². The van der Waals surface area contributed by atoms with Crippen LogP contribution in [0.15, 0.2) is 72.8 Å². The molecule has 5 rings (SSSR count). The highest BCUT2D eigenvalue weighted by Crippen LogP contribution is 2.26. The van der Waals surface area contributed by atoms with Gasteiger partial charge in [-0.1, -0.05) is 60.7 Å². The average molecular weight is 415 g/mol. The summed E-state index contributed by atoms with van der Waals surface area (Å²) < 4.78 is 1.77. The van der Waals surface area contributed by atoms with Crippen molar-refractivity contribution < 1.29 is 5.11 Å². The fourth-order valence-electron chi connectivity index (χ4n) is 4.32. The molecule has 2 aromatic heterocycles. The van der Waals surface area contributed by atoms with Gasteiger partial charge < -0.3 is 10.0 Å². The summed E-state index contributed by atoms with van der Waals surface area (Å²) in [4.78, 5) is 4.33. The Kier molecular flexibility index (Phi) is 5.13. The van der Waals surface area contributed by atoms with Crippen LogP contribution in [0.5, 0.6) is 0 Å². The largest absolute Gasteiger partial charge is 0.387 e. The molecule has 0 amide bonds. The van der Waals surface area contributed by atoms with Crippen molar-refractivity contribution >= 4 is 11.5 Å². The molecule has 1 unspecified atom stereocenters. The fourth-order valence-corrected chi connectivity index (χ4v) is 4.32. The number of fused-ring (bicyclic) bond motifs is 1. The molecule has 3 heterocycles. The van der Waals surface area contributed by atoms with Gasteiger partial charge in [-0.05, 0) is 24.1 Å². The number of hydrogen-bond acceptors (Lipinski definition) is 6. The number of likely N-dealkylation sites (N-methyl/N-ethyl adjacent to an activating group) is 1. The number of aromatic nitrogens is 4. The molecule has 31 heavy (non-hydrogen) atoms. The molecule has 1 atom stereocenters. The van der Waals surface area contributed by atoms with E-state index >= 15 is 0 Å². The fraction of sp³-hybridized carbons (Fsp3) is 0.292. The predicted molar refractivity (Wildman–Crippen MR) is 121 cm³/mol. The Morgan fingerprint density at radius 2 is 1.71 bits per heavy atom. The van der Waals surface area contributed by atoms with Crippen molar-refractivity contribution in [2.24, 2.45) is 0 Å². The van der Waals surface area contributed by atoms with Crippen LogP contribution in [0.25, 0.3) is 17.0 Å². The zero-order valence-electron chi connectivity index (χ0n) is 17.6. The molecule has 7 heteroatoms. The smallest absolute Gasteiger partial charge is 0.185 e. The van der Waals surface area contributed by atoms with Gasteiger partial charge in [0.05, 0.1) is 5.60 Å². The lowest BCUT2D eigenvalue weighted by atomic mass is 10.0. The van der Waals surface area contributed by atoms with Gasteiger partial charge in [-0.3, -0.25) is 4.90 Å². The third-order valence-corrected chi connectivity index (χ3v) is 5.86. The van der Waals surface area contributed by atoms with Crippen LogP contribution in [0.2, 0.25) is 0 Å². The van der Waals surface area contributed by atoms with E-state index in [-0.39, 0.29) is 0 Å². The van der Waals surface area contributed by atoms with Gasteiger partial charge in [0, 0.05) is 38.8 Å². The van der Waals surface area contributed by atoms with E-state index in [9.17, 15) is 5.11 Å². The van der Waals surface area contributed by atoms with Crippen LogP contribution in [0, 0.1) is 0 Å². The van der Waals surface area contributed by atoms with Gasteiger partial charge >= 0.3 is 0 Å². The third kappa shape index (κ3) is 4.15. The Balaban J connectivity index is 1.31. The third-order valence-electron chi connectivity index (χ3n) is 5.86. The maximum absolute atomic E-state index is 11.2. The van der Waals surface area contributed by atoms with Crippen LogP contribution in [-0.2, 0) is 6.54 Å². The van der Waals surface area contributed by atoms with Gasteiger partial charge in [0.2, 0.25) is 0 Å². The van der Waals surface area contributed by atoms with Crippen LogP contribution in [0.3, 0.4) is 0 Å². The topological polar surface area (TPSA) is 69.8 Å². The molecule has 7 nitrogen and oxygen atoms in total. The van der Waals surface area contributed by atoms with Gasteiger partial charge in [-0.2, -0.15) is 4.52 Å². The van der Waals surface area contributed by atoms with Crippen LogP contribution in [0.1, 0.15) is 12.0 Å². The first-order valence-corrected chi connectivity index (χ1v) is 10.6. The summed E-state index contributed by atoms with van der Waals surface area (Å²) in [5.74, 6) is 1.49. The molecule has 158 valence electrons. The highest BCUT2D eigenvalue weighted by Gasteiger charge is 2.37. The van der Waals surface area contributed by atoms with E-state index in [1.807, 2.05) is 60.5 Å². The van der Waals surface area contributed by atoms with E-state index in [0.717, 1.165) is 30.9 Å². The molecule has 4 aromatic rings. The molecule has 1 aliphatic rings. The van der Waals surface area contributed by atoms with Crippen molar-refractivity contribution in [2.45, 2.75) is 18.6 Å². The van der Waals surface area contributed by atoms with Crippen molar-refractivity contribution in [2.75, 3.05) is 31.6 Å². The van der Waals surface area contributed by atoms with Crippen LogP contribution in [0.4, 0.5) is 5.82 Å². The number of benzene rings is 2. The minimum atomic E-state index is -0.768. The SMILES string of the molecule is CN(CC1(O)CCN(Cc2ccccc2)C1)c1ccc2nnc(-c3ccccc3)n2n1. The van der Waals surface area contributed by atoms with Crippen LogP contribution < -0.4 is 4.90 Å².